The molecule has 4 rings (SSSR count). The molecular formula is C28H33N5O3. The molecule has 188 valence electrons. The predicted molar refractivity (Wildman–Crippen MR) is 137 cm³/mol. The molecule has 0 bridgehead atoms. The third kappa shape index (κ3) is 5.07. The van der Waals surface area contributed by atoms with Crippen molar-refractivity contribution in [2.45, 2.75) is 51.5 Å². The first-order chi connectivity index (χ1) is 17.5. The highest BCUT2D eigenvalue weighted by atomic mass is 16.2. The van der Waals surface area contributed by atoms with E-state index in [1.807, 2.05) is 74.5 Å². The van der Waals surface area contributed by atoms with Crippen LogP contribution in [0.2, 0.25) is 0 Å². The highest BCUT2D eigenvalue weighted by Crippen LogP contribution is 2.32. The van der Waals surface area contributed by atoms with Crippen molar-refractivity contribution in [1.82, 2.24) is 25.1 Å². The van der Waals surface area contributed by atoms with Gasteiger partial charge in [-0.3, -0.25) is 9.59 Å². The van der Waals surface area contributed by atoms with E-state index in [0.29, 0.717) is 13.0 Å². The molecule has 0 unspecified atom stereocenters. The Balaban J connectivity index is 1.67. The Hall–Kier alpha value is -3.83. The molecule has 8 heteroatoms. The molecule has 2 heterocycles. The summed E-state index contributed by atoms with van der Waals surface area (Å²) in [6.45, 7) is 4.56. The maximum absolute atomic E-state index is 13.7. The number of urea groups is 1. The summed E-state index contributed by atoms with van der Waals surface area (Å²) in [5.74, 6) is 2.29. The van der Waals surface area contributed by atoms with E-state index in [1.54, 1.807) is 19.8 Å². The fraction of sp³-hybridized carbons (Fsp3) is 0.393. The van der Waals surface area contributed by atoms with Gasteiger partial charge in [0, 0.05) is 6.54 Å². The second-order valence-electron chi connectivity index (χ2n) is 9.18. The summed E-state index contributed by atoms with van der Waals surface area (Å²) < 4.78 is 0. The van der Waals surface area contributed by atoms with E-state index in [4.69, 9.17) is 6.42 Å². The molecule has 8 nitrogen and oxygen atoms in total. The number of hydrogen-bond donors (Lipinski definition) is 1. The molecule has 2 aliphatic heterocycles. The minimum atomic E-state index is -0.657. The van der Waals surface area contributed by atoms with E-state index in [1.165, 1.54) is 0 Å². The van der Waals surface area contributed by atoms with Crippen molar-refractivity contribution in [3.8, 4) is 12.3 Å². The number of hydrazine groups is 1. The molecule has 3 atom stereocenters. The highest BCUT2D eigenvalue weighted by Gasteiger charge is 2.51. The summed E-state index contributed by atoms with van der Waals surface area (Å²) in [7, 11) is 0. The first-order valence-corrected chi connectivity index (χ1v) is 12.4. The standard InChI is InChI=1S/C28H33N5O3/c1-4-12-24-27(35)31(21(3)23-15-10-7-11-16-23)19-25-32(24)26(34)20-30(17-5-2)33(25)28(36)29-18-22-13-8-6-9-14-22/h2,6-11,13-16,21,24-25H,4,12,17-20H2,1,3H3,(H,29,36)/t21-,24-,25-/m0/s1. The first-order valence-electron chi connectivity index (χ1n) is 12.4. The van der Waals surface area contributed by atoms with Crippen molar-refractivity contribution in [2.75, 3.05) is 19.6 Å². The Morgan fingerprint density at radius 3 is 2.42 bits per heavy atom. The van der Waals surface area contributed by atoms with Crippen LogP contribution in [0, 0.1) is 12.3 Å². The van der Waals surface area contributed by atoms with Crippen LogP contribution in [0.1, 0.15) is 43.9 Å². The number of amides is 4. The zero-order valence-electron chi connectivity index (χ0n) is 20.8. The van der Waals surface area contributed by atoms with Crippen LogP contribution in [0.4, 0.5) is 4.79 Å². The molecule has 0 aromatic heterocycles. The Bertz CT molecular complexity index is 1120. The van der Waals surface area contributed by atoms with Crippen molar-refractivity contribution in [1.29, 1.82) is 0 Å². The van der Waals surface area contributed by atoms with Crippen LogP contribution in [0.3, 0.4) is 0 Å². The average Bonchev–Trinajstić information content (AvgIpc) is 2.89. The molecule has 0 radical (unpaired) electrons. The van der Waals surface area contributed by atoms with Gasteiger partial charge in [0.05, 0.1) is 25.7 Å². The highest BCUT2D eigenvalue weighted by molar-refractivity contribution is 5.91. The lowest BCUT2D eigenvalue weighted by Crippen LogP contribution is -2.76. The number of carbonyl (C=O) groups excluding carboxylic acids is 3. The number of nitrogens with zero attached hydrogens (tertiary/aromatic N) is 4. The van der Waals surface area contributed by atoms with Crippen LogP contribution >= 0.6 is 0 Å². The molecule has 36 heavy (non-hydrogen) atoms. The van der Waals surface area contributed by atoms with Gasteiger partial charge in [-0.15, -0.1) is 6.42 Å². The van der Waals surface area contributed by atoms with E-state index in [2.05, 4.69) is 11.2 Å². The second kappa shape index (κ2) is 11.3. The van der Waals surface area contributed by atoms with Gasteiger partial charge in [0.25, 0.3) is 0 Å². The van der Waals surface area contributed by atoms with Crippen LogP contribution in [0.25, 0.3) is 0 Å². The quantitative estimate of drug-likeness (QED) is 0.610. The van der Waals surface area contributed by atoms with Crippen LogP contribution in [0.15, 0.2) is 60.7 Å². The van der Waals surface area contributed by atoms with Gasteiger partial charge >= 0.3 is 6.03 Å². The Morgan fingerprint density at radius 2 is 1.78 bits per heavy atom. The Labute approximate surface area is 212 Å². The fourth-order valence-electron chi connectivity index (χ4n) is 5.06. The lowest BCUT2D eigenvalue weighted by molar-refractivity contribution is -0.191. The van der Waals surface area contributed by atoms with Crippen LogP contribution in [-0.4, -0.2) is 69.5 Å². The zero-order chi connectivity index (χ0) is 25.7. The number of piperazine rings is 1. The molecule has 2 aromatic rings. The number of rotatable bonds is 7. The number of benzene rings is 2. The molecule has 2 aliphatic rings. The van der Waals surface area contributed by atoms with Gasteiger partial charge in [0.15, 0.2) is 0 Å². The van der Waals surface area contributed by atoms with Gasteiger partial charge in [0.1, 0.15) is 12.2 Å². The minimum absolute atomic E-state index is 0.0544. The molecule has 0 saturated carbocycles. The summed E-state index contributed by atoms with van der Waals surface area (Å²) in [5.41, 5.74) is 1.96. The summed E-state index contributed by atoms with van der Waals surface area (Å²) in [4.78, 5) is 44.0. The topological polar surface area (TPSA) is 76.2 Å². The van der Waals surface area contributed by atoms with Crippen molar-refractivity contribution < 1.29 is 14.4 Å². The van der Waals surface area contributed by atoms with E-state index in [0.717, 1.165) is 17.5 Å². The third-order valence-corrected chi connectivity index (χ3v) is 6.86. The second-order valence-corrected chi connectivity index (χ2v) is 9.18. The van der Waals surface area contributed by atoms with Gasteiger partial charge in [-0.25, -0.2) is 9.80 Å². The first kappa shape index (κ1) is 25.3. The summed E-state index contributed by atoms with van der Waals surface area (Å²) in [6.07, 6.45) is 6.21. The number of carbonyl (C=O) groups is 3. The SMILES string of the molecule is C#CCN1CC(=O)N2[C@@H](CCC)C(=O)N([C@@H](C)c3ccccc3)C[C@@H]2N1C(=O)NCc1ccccc1. The normalized spacial score (nSPS) is 21.1. The lowest BCUT2D eigenvalue weighted by atomic mass is 9.98. The zero-order valence-corrected chi connectivity index (χ0v) is 20.8. The molecule has 0 aliphatic carbocycles. The van der Waals surface area contributed by atoms with Crippen LogP contribution < -0.4 is 5.32 Å². The molecule has 2 fully saturated rings. The van der Waals surface area contributed by atoms with Crippen LogP contribution in [0.5, 0.6) is 0 Å². The summed E-state index contributed by atoms with van der Waals surface area (Å²) in [5, 5.41) is 6.12. The summed E-state index contributed by atoms with van der Waals surface area (Å²) >= 11 is 0. The van der Waals surface area contributed by atoms with E-state index < -0.39 is 12.2 Å². The molecule has 4 amide bonds. The van der Waals surface area contributed by atoms with Gasteiger partial charge in [0.2, 0.25) is 11.8 Å². The van der Waals surface area contributed by atoms with Crippen molar-refractivity contribution in [3.05, 3.63) is 71.8 Å². The van der Waals surface area contributed by atoms with E-state index >= 15 is 0 Å². The lowest BCUT2D eigenvalue weighted by Gasteiger charge is -2.55. The van der Waals surface area contributed by atoms with E-state index in [-0.39, 0.29) is 43.5 Å². The molecule has 1 N–H and O–H groups in total. The predicted octanol–water partition coefficient (Wildman–Crippen LogP) is 2.99. The van der Waals surface area contributed by atoms with Crippen molar-refractivity contribution in [3.63, 3.8) is 0 Å². The monoisotopic (exact) mass is 487 g/mol. The van der Waals surface area contributed by atoms with Gasteiger partial charge in [-0.1, -0.05) is 79.9 Å². The van der Waals surface area contributed by atoms with Gasteiger partial charge in [-0.2, -0.15) is 5.01 Å². The fourth-order valence-corrected chi connectivity index (χ4v) is 5.06. The number of hydrogen-bond acceptors (Lipinski definition) is 4. The third-order valence-electron chi connectivity index (χ3n) is 6.86. The Morgan fingerprint density at radius 1 is 1.11 bits per heavy atom. The Kier molecular flexibility index (Phi) is 7.91. The van der Waals surface area contributed by atoms with Crippen molar-refractivity contribution in [2.24, 2.45) is 0 Å². The summed E-state index contributed by atoms with van der Waals surface area (Å²) in [6, 6.07) is 18.2. The number of nitrogens with one attached hydrogen (secondary N) is 1. The van der Waals surface area contributed by atoms with Crippen molar-refractivity contribution >= 4 is 17.8 Å². The molecule has 0 spiro atoms. The smallest absolute Gasteiger partial charge is 0.333 e. The minimum Gasteiger partial charge on any atom is -0.333 e. The molecular weight excluding hydrogens is 454 g/mol. The average molecular weight is 488 g/mol. The van der Waals surface area contributed by atoms with Gasteiger partial charge < -0.3 is 15.1 Å². The number of terminal acetylenes is 1. The maximum atomic E-state index is 13.7. The van der Waals surface area contributed by atoms with Gasteiger partial charge in [-0.05, 0) is 24.5 Å². The van der Waals surface area contributed by atoms with E-state index in [9.17, 15) is 14.4 Å². The largest absolute Gasteiger partial charge is 0.334 e. The van der Waals surface area contributed by atoms with Crippen LogP contribution in [-0.2, 0) is 16.1 Å². The molecule has 2 saturated heterocycles. The maximum Gasteiger partial charge on any atom is 0.334 e. The number of fused-ring (bicyclic) bond motifs is 1. The molecule has 2 aromatic carbocycles.